The van der Waals surface area contributed by atoms with Crippen molar-refractivity contribution >= 4 is 48.4 Å². The van der Waals surface area contributed by atoms with Crippen molar-refractivity contribution in [3.05, 3.63) is 80.9 Å². The zero-order valence-electron chi connectivity index (χ0n) is 19.3. The maximum absolute atomic E-state index is 13.6. The van der Waals surface area contributed by atoms with Crippen molar-refractivity contribution in [1.82, 2.24) is 0 Å². The fraction of sp³-hybridized carbons (Fsp3) is 0.222. The average molecular weight is 572 g/mol. The number of phenolic OH excluding ortho intramolecular Hbond substituents is 2. The Labute approximate surface area is 217 Å². The minimum absolute atomic E-state index is 0.0105. The van der Waals surface area contributed by atoms with E-state index < -0.39 is 54.2 Å². The fourth-order valence-electron chi connectivity index (χ4n) is 4.98. The SMILES string of the molecule is COc1cccc2c1C(=O)c1c(O)c3c(c(O)c1C2=O)C[C@@](O)(C(C)=O)C[C@@H]3[Se]c1ccccc1Cl. The maximum atomic E-state index is 13.6. The first-order chi connectivity index (χ1) is 17.1. The third-order valence-electron chi connectivity index (χ3n) is 6.84. The molecule has 0 aliphatic heterocycles. The fourth-order valence-corrected chi connectivity index (χ4v) is 8.23. The zero-order chi connectivity index (χ0) is 25.9. The van der Waals surface area contributed by atoms with Crippen molar-refractivity contribution in [2.45, 2.75) is 30.2 Å². The Morgan fingerprint density at radius 3 is 2.39 bits per heavy atom. The predicted octanol–water partition coefficient (Wildman–Crippen LogP) is 2.87. The molecule has 0 unspecified atom stereocenters. The van der Waals surface area contributed by atoms with Crippen LogP contribution >= 0.6 is 11.6 Å². The number of aromatic hydroxyl groups is 2. The van der Waals surface area contributed by atoms with E-state index in [4.69, 9.17) is 16.3 Å². The van der Waals surface area contributed by atoms with Gasteiger partial charge in [0.15, 0.2) is 0 Å². The molecule has 36 heavy (non-hydrogen) atoms. The van der Waals surface area contributed by atoms with Gasteiger partial charge in [0.2, 0.25) is 0 Å². The van der Waals surface area contributed by atoms with E-state index in [9.17, 15) is 29.7 Å². The number of rotatable bonds is 4. The van der Waals surface area contributed by atoms with E-state index in [1.807, 2.05) is 6.07 Å². The third kappa shape index (κ3) is 3.56. The van der Waals surface area contributed by atoms with E-state index in [0.717, 1.165) is 4.46 Å². The van der Waals surface area contributed by atoms with E-state index in [2.05, 4.69) is 0 Å². The first kappa shape index (κ1) is 24.5. The van der Waals surface area contributed by atoms with E-state index >= 15 is 0 Å². The van der Waals surface area contributed by atoms with Crippen molar-refractivity contribution in [3.63, 3.8) is 0 Å². The predicted molar refractivity (Wildman–Crippen MR) is 133 cm³/mol. The molecule has 5 rings (SSSR count). The topological polar surface area (TPSA) is 121 Å². The molecule has 3 aromatic carbocycles. The van der Waals surface area contributed by atoms with E-state index in [-0.39, 0.29) is 52.0 Å². The zero-order valence-corrected chi connectivity index (χ0v) is 21.8. The van der Waals surface area contributed by atoms with Crippen LogP contribution in [0.25, 0.3) is 0 Å². The summed E-state index contributed by atoms with van der Waals surface area (Å²) in [5.41, 5.74) is -2.08. The van der Waals surface area contributed by atoms with Crippen molar-refractivity contribution in [1.29, 1.82) is 0 Å². The van der Waals surface area contributed by atoms with Crippen molar-refractivity contribution in [2.75, 3.05) is 7.11 Å². The number of ether oxygens (including phenoxy) is 1. The molecule has 2 aliphatic carbocycles. The molecule has 9 heteroatoms. The number of carbonyl (C=O) groups excluding carboxylic acids is 3. The summed E-state index contributed by atoms with van der Waals surface area (Å²) < 4.78 is 6.06. The molecular formula is C27H21ClO7Se. The molecule has 0 radical (unpaired) electrons. The van der Waals surface area contributed by atoms with Crippen LogP contribution in [0.1, 0.15) is 61.1 Å². The average Bonchev–Trinajstić information content (AvgIpc) is 2.85. The second-order valence-electron chi connectivity index (χ2n) is 8.89. The summed E-state index contributed by atoms with van der Waals surface area (Å²) in [6, 6.07) is 11.7. The molecule has 2 atom stereocenters. The van der Waals surface area contributed by atoms with Crippen LogP contribution < -0.4 is 9.20 Å². The van der Waals surface area contributed by atoms with E-state index in [1.165, 1.54) is 20.1 Å². The Kier molecular flexibility index (Phi) is 5.96. The van der Waals surface area contributed by atoms with Crippen LogP contribution in [0, 0.1) is 0 Å². The molecule has 0 spiro atoms. The summed E-state index contributed by atoms with van der Waals surface area (Å²) >= 11 is 5.88. The Morgan fingerprint density at radius 1 is 1.03 bits per heavy atom. The first-order valence-electron chi connectivity index (χ1n) is 11.1. The number of phenols is 2. The number of benzene rings is 3. The van der Waals surface area contributed by atoms with Gasteiger partial charge in [-0.05, 0) is 0 Å². The quantitative estimate of drug-likeness (QED) is 0.254. The van der Waals surface area contributed by atoms with Gasteiger partial charge >= 0.3 is 218 Å². The van der Waals surface area contributed by atoms with Crippen molar-refractivity contribution < 1.29 is 34.4 Å². The van der Waals surface area contributed by atoms with Gasteiger partial charge in [-0.1, -0.05) is 0 Å². The number of Topliss-reactive ketones (excluding diaryl/α,β-unsaturated/α-hetero) is 1. The third-order valence-corrected chi connectivity index (χ3v) is 10.1. The second-order valence-corrected chi connectivity index (χ2v) is 11.9. The molecule has 0 heterocycles. The van der Waals surface area contributed by atoms with Crippen LogP contribution in [0.3, 0.4) is 0 Å². The Bertz CT molecular complexity index is 1480. The van der Waals surface area contributed by atoms with Crippen LogP contribution in [-0.4, -0.2) is 60.3 Å². The molecular weight excluding hydrogens is 551 g/mol. The molecule has 0 fully saturated rings. The minimum atomic E-state index is -1.82. The van der Waals surface area contributed by atoms with Gasteiger partial charge in [-0.3, -0.25) is 0 Å². The van der Waals surface area contributed by atoms with Gasteiger partial charge in [-0.25, -0.2) is 0 Å². The summed E-state index contributed by atoms with van der Waals surface area (Å²) in [5.74, 6) is -2.57. The van der Waals surface area contributed by atoms with Gasteiger partial charge in [-0.15, -0.1) is 0 Å². The molecule has 3 aromatic rings. The van der Waals surface area contributed by atoms with Gasteiger partial charge < -0.3 is 0 Å². The number of carbonyl (C=O) groups is 3. The van der Waals surface area contributed by atoms with Crippen LogP contribution in [0.5, 0.6) is 17.2 Å². The van der Waals surface area contributed by atoms with Gasteiger partial charge in [0.05, 0.1) is 0 Å². The number of methoxy groups -OCH3 is 1. The summed E-state index contributed by atoms with van der Waals surface area (Å²) in [5, 5.41) is 34.6. The van der Waals surface area contributed by atoms with Gasteiger partial charge in [-0.2, -0.15) is 0 Å². The first-order valence-corrected chi connectivity index (χ1v) is 13.3. The Balaban J connectivity index is 1.78. The molecule has 0 bridgehead atoms. The molecule has 2 aliphatic rings. The summed E-state index contributed by atoms with van der Waals surface area (Å²) in [6.45, 7) is 1.26. The standard InChI is InChI=1S/C27H21ClO7Se/c1-12(29)27(34)10-14-20(18(11-27)36-17-9-4-3-7-15(17)28)26(33)22-21(24(14)31)23(30)13-6-5-8-16(35-2)19(13)25(22)32/h3-9,18,31,33-34H,10-11H2,1-2H3/t18-,27-/m0/s1. The molecule has 0 aromatic heterocycles. The van der Waals surface area contributed by atoms with Gasteiger partial charge in [0.1, 0.15) is 0 Å². The Morgan fingerprint density at radius 2 is 1.72 bits per heavy atom. The van der Waals surface area contributed by atoms with Gasteiger partial charge in [0.25, 0.3) is 0 Å². The number of ketones is 3. The van der Waals surface area contributed by atoms with Crippen molar-refractivity contribution in [2.24, 2.45) is 0 Å². The monoisotopic (exact) mass is 572 g/mol. The van der Waals surface area contributed by atoms with E-state index in [0.29, 0.717) is 5.02 Å². The summed E-state index contributed by atoms with van der Waals surface area (Å²) in [7, 11) is 1.37. The number of aliphatic hydroxyl groups is 1. The summed E-state index contributed by atoms with van der Waals surface area (Å²) in [4.78, 5) is 39.0. The van der Waals surface area contributed by atoms with Gasteiger partial charge in [0, 0.05) is 0 Å². The van der Waals surface area contributed by atoms with Crippen molar-refractivity contribution in [3.8, 4) is 17.2 Å². The number of halogens is 1. The van der Waals surface area contributed by atoms with Crippen LogP contribution in [-0.2, 0) is 11.2 Å². The number of hydrogen-bond donors (Lipinski definition) is 3. The van der Waals surface area contributed by atoms with E-state index in [1.54, 1.807) is 30.3 Å². The van der Waals surface area contributed by atoms with Crippen LogP contribution in [0.4, 0.5) is 0 Å². The molecule has 0 saturated heterocycles. The van der Waals surface area contributed by atoms with Crippen LogP contribution in [0.2, 0.25) is 5.02 Å². The summed E-state index contributed by atoms with van der Waals surface area (Å²) in [6.07, 6.45) is -0.333. The normalized spacial score (nSPS) is 20.4. The molecule has 0 amide bonds. The Hall–Kier alpha value is -3.16. The number of hydrogen-bond acceptors (Lipinski definition) is 7. The molecule has 7 nitrogen and oxygen atoms in total. The molecule has 184 valence electrons. The molecule has 3 N–H and O–H groups in total. The second kappa shape index (κ2) is 8.75. The van der Waals surface area contributed by atoms with Crippen LogP contribution in [0.15, 0.2) is 42.5 Å². The number of fused-ring (bicyclic) bond motifs is 3. The molecule has 0 saturated carbocycles.